The first-order chi connectivity index (χ1) is 15.8. The highest BCUT2D eigenvalue weighted by atomic mass is 19.1. The van der Waals surface area contributed by atoms with E-state index >= 15 is 0 Å². The molecule has 0 spiro atoms. The van der Waals surface area contributed by atoms with Gasteiger partial charge in [0.1, 0.15) is 11.6 Å². The van der Waals surface area contributed by atoms with Crippen molar-refractivity contribution in [3.05, 3.63) is 71.2 Å². The number of carbonyl (C=O) groups is 2. The Hall–Kier alpha value is -3.93. The van der Waals surface area contributed by atoms with Crippen LogP contribution in [0.15, 0.2) is 42.6 Å². The number of aromatic amines is 1. The van der Waals surface area contributed by atoms with Crippen LogP contribution in [-0.2, 0) is 11.2 Å². The van der Waals surface area contributed by atoms with Crippen LogP contribution in [0.2, 0.25) is 0 Å². The number of anilines is 2. The monoisotopic (exact) mass is 451 g/mol. The van der Waals surface area contributed by atoms with Crippen LogP contribution in [-0.4, -0.2) is 34.5 Å². The average molecular weight is 451 g/mol. The Morgan fingerprint density at radius 1 is 1.18 bits per heavy atom. The van der Waals surface area contributed by atoms with E-state index in [1.807, 2.05) is 13.1 Å². The Morgan fingerprint density at radius 3 is 2.64 bits per heavy atom. The molecule has 1 aliphatic rings. The molecule has 0 saturated carbocycles. The molecule has 2 atom stereocenters. The number of benzene rings is 2. The van der Waals surface area contributed by atoms with Gasteiger partial charge in [0.15, 0.2) is 0 Å². The van der Waals surface area contributed by atoms with Crippen LogP contribution in [0.4, 0.5) is 25.0 Å². The molecule has 0 bridgehead atoms. The predicted molar refractivity (Wildman–Crippen MR) is 122 cm³/mol. The Labute approximate surface area is 189 Å². The van der Waals surface area contributed by atoms with E-state index in [2.05, 4.69) is 20.5 Å². The van der Waals surface area contributed by atoms with Crippen molar-refractivity contribution in [3.8, 4) is 0 Å². The van der Waals surface area contributed by atoms with Crippen molar-refractivity contribution in [1.82, 2.24) is 9.88 Å². The summed E-state index contributed by atoms with van der Waals surface area (Å²) in [5.41, 5.74) is 2.26. The number of carbonyl (C=O) groups excluding carboxylic acids is 2. The van der Waals surface area contributed by atoms with Gasteiger partial charge in [-0.1, -0.05) is 6.92 Å². The van der Waals surface area contributed by atoms with Gasteiger partial charge >= 0.3 is 12.2 Å². The lowest BCUT2D eigenvalue weighted by atomic mass is 9.99. The highest BCUT2D eigenvalue weighted by molar-refractivity contribution is 6.01. The van der Waals surface area contributed by atoms with Crippen molar-refractivity contribution < 1.29 is 18.4 Å². The van der Waals surface area contributed by atoms with E-state index in [1.54, 1.807) is 23.1 Å². The van der Waals surface area contributed by atoms with Gasteiger partial charge in [0.05, 0.1) is 0 Å². The van der Waals surface area contributed by atoms with Crippen molar-refractivity contribution in [2.75, 3.05) is 17.2 Å². The maximum atomic E-state index is 13.3. The lowest BCUT2D eigenvalue weighted by molar-refractivity contribution is -0.135. The molecule has 0 unspecified atom stereocenters. The molecule has 1 aliphatic heterocycles. The number of hydrogen-bond acceptors (Lipinski definition) is 2. The Bertz CT molecular complexity index is 1230. The molecular weight excluding hydrogens is 428 g/mol. The molecule has 7 nitrogen and oxygen atoms in total. The van der Waals surface area contributed by atoms with Crippen LogP contribution in [0.5, 0.6) is 0 Å². The second kappa shape index (κ2) is 9.28. The van der Waals surface area contributed by atoms with Gasteiger partial charge in [0.2, 0.25) is 5.91 Å². The molecule has 33 heavy (non-hydrogen) atoms. The summed E-state index contributed by atoms with van der Waals surface area (Å²) >= 11 is 0. The third-order valence-corrected chi connectivity index (χ3v) is 5.75. The first-order valence-corrected chi connectivity index (χ1v) is 10.6. The zero-order valence-corrected chi connectivity index (χ0v) is 18.0. The van der Waals surface area contributed by atoms with Gasteiger partial charge in [-0.25, -0.2) is 20.1 Å². The standard InChI is InChI=1S/C24H23F2N5O2/c1-14(23(32)31-7-3-4-22(31)27-2)8-15-13-28-21-6-5-18(12-20(15)21)29-24(33)30-19-10-16(25)9-17(26)11-19/h5-6,9-14,22,28H,3-4,7-8H2,1H3,(H2,29,30,33)/t14-,22+/m1/s1. The quantitative estimate of drug-likeness (QED) is 0.470. The van der Waals surface area contributed by atoms with Crippen molar-refractivity contribution in [1.29, 1.82) is 0 Å². The topological polar surface area (TPSA) is 81.6 Å². The van der Waals surface area contributed by atoms with Gasteiger partial charge in [-0.3, -0.25) is 14.5 Å². The molecule has 2 heterocycles. The van der Waals surface area contributed by atoms with E-state index in [0.29, 0.717) is 25.1 Å². The minimum atomic E-state index is -0.788. The Morgan fingerprint density at radius 2 is 1.91 bits per heavy atom. The van der Waals surface area contributed by atoms with Gasteiger partial charge in [-0.05, 0) is 48.7 Å². The highest BCUT2D eigenvalue weighted by Crippen LogP contribution is 2.27. The summed E-state index contributed by atoms with van der Waals surface area (Å²) < 4.78 is 26.7. The number of fused-ring (bicyclic) bond motifs is 1. The molecule has 3 aromatic rings. The largest absolute Gasteiger partial charge is 0.361 e. The van der Waals surface area contributed by atoms with E-state index in [0.717, 1.165) is 41.1 Å². The Balaban J connectivity index is 1.46. The number of urea groups is 1. The molecule has 4 rings (SSSR count). The smallest absolute Gasteiger partial charge is 0.323 e. The van der Waals surface area contributed by atoms with E-state index in [1.165, 1.54) is 0 Å². The zero-order valence-electron chi connectivity index (χ0n) is 18.0. The van der Waals surface area contributed by atoms with Gasteiger partial charge in [0, 0.05) is 53.4 Å². The number of H-pyrrole nitrogens is 1. The fraction of sp³-hybridized carbons (Fsp3) is 0.292. The average Bonchev–Trinajstić information content (AvgIpc) is 3.39. The molecule has 0 aliphatic carbocycles. The van der Waals surface area contributed by atoms with Crippen LogP contribution >= 0.6 is 0 Å². The van der Waals surface area contributed by atoms with Crippen LogP contribution in [0, 0.1) is 24.1 Å². The fourth-order valence-corrected chi connectivity index (χ4v) is 4.19. The van der Waals surface area contributed by atoms with E-state index in [9.17, 15) is 18.4 Å². The third kappa shape index (κ3) is 4.95. The summed E-state index contributed by atoms with van der Waals surface area (Å²) in [5, 5.41) is 5.91. The molecule has 0 radical (unpaired) electrons. The predicted octanol–water partition coefficient (Wildman–Crippen LogP) is 5.14. The van der Waals surface area contributed by atoms with Gasteiger partial charge in [-0.15, -0.1) is 0 Å². The van der Waals surface area contributed by atoms with Gasteiger partial charge in [0.25, 0.3) is 0 Å². The van der Waals surface area contributed by atoms with Crippen LogP contribution in [0.3, 0.4) is 0 Å². The normalized spacial score (nSPS) is 16.4. The number of hydrogen-bond donors (Lipinski definition) is 3. The summed E-state index contributed by atoms with van der Waals surface area (Å²) in [6, 6.07) is 7.41. The minimum absolute atomic E-state index is 0.000351. The van der Waals surface area contributed by atoms with Crippen molar-refractivity contribution in [2.24, 2.45) is 5.92 Å². The number of nitrogens with one attached hydrogen (secondary N) is 3. The number of amides is 3. The van der Waals surface area contributed by atoms with E-state index in [4.69, 9.17) is 6.57 Å². The maximum Gasteiger partial charge on any atom is 0.323 e. The zero-order chi connectivity index (χ0) is 23.5. The van der Waals surface area contributed by atoms with Crippen LogP contribution in [0.25, 0.3) is 15.7 Å². The van der Waals surface area contributed by atoms with Crippen molar-refractivity contribution >= 4 is 34.2 Å². The van der Waals surface area contributed by atoms with E-state index in [-0.39, 0.29) is 23.7 Å². The number of likely N-dealkylation sites (tertiary alicyclic amines) is 1. The first kappa shape index (κ1) is 22.3. The van der Waals surface area contributed by atoms with Crippen molar-refractivity contribution in [2.45, 2.75) is 32.4 Å². The summed E-state index contributed by atoms with van der Waals surface area (Å²) in [6.07, 6.45) is 3.51. The fourth-order valence-electron chi connectivity index (χ4n) is 4.19. The molecule has 3 amide bonds. The lowest BCUT2D eigenvalue weighted by Gasteiger charge is -2.20. The third-order valence-electron chi connectivity index (χ3n) is 5.75. The molecule has 9 heteroatoms. The summed E-state index contributed by atoms with van der Waals surface area (Å²) in [6.45, 7) is 9.76. The number of aromatic nitrogens is 1. The molecule has 2 aromatic carbocycles. The molecule has 1 fully saturated rings. The van der Waals surface area contributed by atoms with Gasteiger partial charge < -0.3 is 15.6 Å². The Kier molecular flexibility index (Phi) is 6.27. The van der Waals surface area contributed by atoms with Gasteiger partial charge in [-0.2, -0.15) is 0 Å². The van der Waals surface area contributed by atoms with Crippen LogP contribution in [0.1, 0.15) is 25.3 Å². The SMILES string of the molecule is [C-]#[N+][C@@H]1CCCN1C(=O)[C@H](C)Cc1c[nH]c2ccc(NC(=O)Nc3cc(F)cc(F)c3)cc12. The molecule has 170 valence electrons. The molecule has 1 saturated heterocycles. The number of halogens is 2. The first-order valence-electron chi connectivity index (χ1n) is 10.6. The van der Waals surface area contributed by atoms with Crippen LogP contribution < -0.4 is 10.6 Å². The van der Waals surface area contributed by atoms with E-state index < -0.39 is 17.7 Å². The summed E-state index contributed by atoms with van der Waals surface area (Å²) in [7, 11) is 0. The van der Waals surface area contributed by atoms with Crippen molar-refractivity contribution in [3.63, 3.8) is 0 Å². The maximum absolute atomic E-state index is 13.3. The molecular formula is C24H23F2N5O2. The number of nitrogens with zero attached hydrogens (tertiary/aromatic N) is 2. The lowest BCUT2D eigenvalue weighted by Crippen LogP contribution is -2.38. The summed E-state index contributed by atoms with van der Waals surface area (Å²) in [4.78, 5) is 33.5. The second-order valence-corrected chi connectivity index (χ2v) is 8.20. The highest BCUT2D eigenvalue weighted by Gasteiger charge is 2.35. The second-order valence-electron chi connectivity index (χ2n) is 8.20. The molecule has 3 N–H and O–H groups in total. The summed E-state index contributed by atoms with van der Waals surface area (Å²) in [5.74, 6) is -1.90. The molecule has 1 aromatic heterocycles. The number of rotatable bonds is 5. The minimum Gasteiger partial charge on any atom is -0.361 e.